The molecule has 0 aliphatic rings. The van der Waals surface area contributed by atoms with E-state index in [0.29, 0.717) is 5.89 Å². The minimum atomic E-state index is 0.535. The number of nitrogens with zero attached hydrogens (tertiary/aromatic N) is 2. The van der Waals surface area contributed by atoms with Gasteiger partial charge in [0, 0.05) is 5.56 Å². The van der Waals surface area contributed by atoms with Crippen molar-refractivity contribution < 1.29 is 4.52 Å². The molecular weight excluding hydrogens is 236 g/mol. The Balaban J connectivity index is 1.96. The molecule has 0 fully saturated rings. The van der Waals surface area contributed by atoms with Crippen LogP contribution in [0.4, 0.5) is 0 Å². The van der Waals surface area contributed by atoms with E-state index in [2.05, 4.69) is 34.4 Å². The number of rotatable bonds is 3. The predicted molar refractivity (Wildman–Crippen MR) is 75.1 cm³/mol. The topological polar surface area (TPSA) is 38.9 Å². The molecule has 1 heterocycles. The van der Waals surface area contributed by atoms with Crippen LogP contribution >= 0.6 is 0 Å². The van der Waals surface area contributed by atoms with Crippen LogP contribution in [0.15, 0.2) is 65.4 Å². The molecule has 2 aromatic carbocycles. The van der Waals surface area contributed by atoms with Crippen molar-refractivity contribution in [2.24, 2.45) is 0 Å². The van der Waals surface area contributed by atoms with Gasteiger partial charge in [0.1, 0.15) is 0 Å². The Labute approximate surface area is 111 Å². The Morgan fingerprint density at radius 3 is 2.42 bits per heavy atom. The third-order valence-corrected chi connectivity index (χ3v) is 2.81. The number of benzene rings is 2. The van der Waals surface area contributed by atoms with Crippen molar-refractivity contribution in [3.63, 3.8) is 0 Å². The normalized spacial score (nSPS) is 10.9. The van der Waals surface area contributed by atoms with Crippen molar-refractivity contribution in [2.45, 2.75) is 0 Å². The van der Waals surface area contributed by atoms with E-state index >= 15 is 0 Å². The maximum atomic E-state index is 5.12. The van der Waals surface area contributed by atoms with Crippen LogP contribution < -0.4 is 0 Å². The van der Waals surface area contributed by atoms with Crippen LogP contribution in [0, 0.1) is 0 Å². The SMILES string of the molecule is C(=Cc1ccccc1-c1ncno1)c1ccccc1. The smallest absolute Gasteiger partial charge is 0.258 e. The van der Waals surface area contributed by atoms with Crippen LogP contribution in [0.5, 0.6) is 0 Å². The van der Waals surface area contributed by atoms with Crippen LogP contribution in [0.1, 0.15) is 11.1 Å². The van der Waals surface area contributed by atoms with E-state index in [4.69, 9.17) is 4.52 Å². The molecule has 3 heteroatoms. The van der Waals surface area contributed by atoms with Gasteiger partial charge in [-0.2, -0.15) is 4.98 Å². The minimum absolute atomic E-state index is 0.535. The molecule has 0 bridgehead atoms. The lowest BCUT2D eigenvalue weighted by Gasteiger charge is -2.00. The van der Waals surface area contributed by atoms with Crippen molar-refractivity contribution in [3.05, 3.63) is 72.1 Å². The number of hydrogen-bond acceptors (Lipinski definition) is 3. The van der Waals surface area contributed by atoms with Crippen molar-refractivity contribution in [1.82, 2.24) is 10.1 Å². The second-order valence-electron chi connectivity index (χ2n) is 4.08. The molecule has 0 aliphatic heterocycles. The summed E-state index contributed by atoms with van der Waals surface area (Å²) in [6.07, 6.45) is 5.52. The van der Waals surface area contributed by atoms with Crippen LogP contribution in [-0.2, 0) is 0 Å². The summed E-state index contributed by atoms with van der Waals surface area (Å²) < 4.78 is 5.12. The number of hydrogen-bond donors (Lipinski definition) is 0. The van der Waals surface area contributed by atoms with Gasteiger partial charge in [-0.1, -0.05) is 65.8 Å². The lowest BCUT2D eigenvalue weighted by atomic mass is 10.1. The Morgan fingerprint density at radius 2 is 1.63 bits per heavy atom. The molecule has 0 N–H and O–H groups in total. The fourth-order valence-corrected chi connectivity index (χ4v) is 1.88. The first-order chi connectivity index (χ1) is 9.43. The fourth-order valence-electron chi connectivity index (χ4n) is 1.88. The van der Waals surface area contributed by atoms with Crippen LogP contribution in [0.2, 0.25) is 0 Å². The summed E-state index contributed by atoms with van der Waals surface area (Å²) in [5.41, 5.74) is 3.14. The van der Waals surface area contributed by atoms with Crippen molar-refractivity contribution in [3.8, 4) is 11.5 Å². The van der Waals surface area contributed by atoms with E-state index in [1.807, 2.05) is 42.5 Å². The Kier molecular flexibility index (Phi) is 3.19. The highest BCUT2D eigenvalue weighted by Crippen LogP contribution is 2.22. The zero-order valence-corrected chi connectivity index (χ0v) is 10.2. The first-order valence-electron chi connectivity index (χ1n) is 6.03. The van der Waals surface area contributed by atoms with Gasteiger partial charge in [0.25, 0.3) is 5.89 Å². The fraction of sp³-hybridized carbons (Fsp3) is 0. The largest absolute Gasteiger partial charge is 0.334 e. The molecule has 92 valence electrons. The molecule has 0 atom stereocenters. The molecule has 0 spiro atoms. The molecular formula is C16H12N2O. The van der Waals surface area contributed by atoms with Crippen molar-refractivity contribution in [2.75, 3.05) is 0 Å². The summed E-state index contributed by atoms with van der Waals surface area (Å²) in [6.45, 7) is 0. The van der Waals surface area contributed by atoms with Gasteiger partial charge in [-0.05, 0) is 17.2 Å². The molecule has 0 saturated carbocycles. The van der Waals surface area contributed by atoms with Crippen LogP contribution in [-0.4, -0.2) is 10.1 Å². The zero-order valence-electron chi connectivity index (χ0n) is 10.2. The minimum Gasteiger partial charge on any atom is -0.334 e. The quantitative estimate of drug-likeness (QED) is 0.660. The summed E-state index contributed by atoms with van der Waals surface area (Å²) in [4.78, 5) is 4.09. The summed E-state index contributed by atoms with van der Waals surface area (Å²) in [6, 6.07) is 18.1. The first-order valence-corrected chi connectivity index (χ1v) is 6.03. The predicted octanol–water partition coefficient (Wildman–Crippen LogP) is 3.91. The van der Waals surface area contributed by atoms with E-state index < -0.39 is 0 Å². The Bertz CT molecular complexity index is 673. The van der Waals surface area contributed by atoms with Gasteiger partial charge in [0.2, 0.25) is 0 Å². The second kappa shape index (κ2) is 5.31. The van der Waals surface area contributed by atoms with Gasteiger partial charge in [0.05, 0.1) is 0 Å². The van der Waals surface area contributed by atoms with E-state index in [-0.39, 0.29) is 0 Å². The Morgan fingerprint density at radius 1 is 0.842 bits per heavy atom. The van der Waals surface area contributed by atoms with Gasteiger partial charge in [-0.15, -0.1) is 0 Å². The van der Waals surface area contributed by atoms with Crippen molar-refractivity contribution in [1.29, 1.82) is 0 Å². The molecule has 3 aromatic rings. The highest BCUT2D eigenvalue weighted by atomic mass is 16.5. The maximum Gasteiger partial charge on any atom is 0.258 e. The monoisotopic (exact) mass is 248 g/mol. The molecule has 19 heavy (non-hydrogen) atoms. The van der Waals surface area contributed by atoms with Gasteiger partial charge in [-0.25, -0.2) is 0 Å². The molecule has 1 aromatic heterocycles. The van der Waals surface area contributed by atoms with Crippen molar-refractivity contribution >= 4 is 12.2 Å². The average molecular weight is 248 g/mol. The standard InChI is InChI=1S/C16H12N2O/c1-2-6-13(7-3-1)10-11-14-8-4-5-9-15(14)16-17-12-18-19-16/h1-12H. The number of aromatic nitrogens is 2. The van der Waals surface area contributed by atoms with E-state index in [1.165, 1.54) is 6.33 Å². The van der Waals surface area contributed by atoms with E-state index in [0.717, 1.165) is 16.7 Å². The van der Waals surface area contributed by atoms with E-state index in [1.54, 1.807) is 0 Å². The van der Waals surface area contributed by atoms with Gasteiger partial charge < -0.3 is 4.52 Å². The first kappa shape index (κ1) is 11.4. The Hall–Kier alpha value is -2.68. The molecule has 0 aliphatic carbocycles. The zero-order chi connectivity index (χ0) is 12.9. The molecule has 0 unspecified atom stereocenters. The molecule has 3 nitrogen and oxygen atoms in total. The molecule has 0 radical (unpaired) electrons. The third kappa shape index (κ3) is 2.60. The van der Waals surface area contributed by atoms with Crippen LogP contribution in [0.25, 0.3) is 23.6 Å². The summed E-state index contributed by atoms with van der Waals surface area (Å²) >= 11 is 0. The molecule has 3 rings (SSSR count). The van der Waals surface area contributed by atoms with Gasteiger partial charge in [0.15, 0.2) is 6.33 Å². The summed E-state index contributed by atoms with van der Waals surface area (Å²) in [7, 11) is 0. The summed E-state index contributed by atoms with van der Waals surface area (Å²) in [5.74, 6) is 0.535. The highest BCUT2D eigenvalue weighted by Gasteiger charge is 2.06. The summed E-state index contributed by atoms with van der Waals surface area (Å²) in [5, 5.41) is 3.65. The highest BCUT2D eigenvalue weighted by molar-refractivity contribution is 5.77. The van der Waals surface area contributed by atoms with Gasteiger partial charge in [-0.3, -0.25) is 0 Å². The molecule has 0 amide bonds. The lowest BCUT2D eigenvalue weighted by molar-refractivity contribution is 0.430. The third-order valence-electron chi connectivity index (χ3n) is 2.81. The lowest BCUT2D eigenvalue weighted by Crippen LogP contribution is -1.82. The maximum absolute atomic E-state index is 5.12. The molecule has 0 saturated heterocycles. The second-order valence-corrected chi connectivity index (χ2v) is 4.08. The van der Waals surface area contributed by atoms with E-state index in [9.17, 15) is 0 Å². The van der Waals surface area contributed by atoms with Crippen LogP contribution in [0.3, 0.4) is 0 Å². The van der Waals surface area contributed by atoms with Gasteiger partial charge >= 0.3 is 0 Å². The average Bonchev–Trinajstić information content (AvgIpc) is 3.01.